The van der Waals surface area contributed by atoms with Crippen LogP contribution in [-0.4, -0.2) is 31.7 Å². The van der Waals surface area contributed by atoms with Crippen LogP contribution < -0.4 is 5.73 Å². The first-order chi connectivity index (χ1) is 9.54. The zero-order valence-electron chi connectivity index (χ0n) is 12.0. The fourth-order valence-corrected chi connectivity index (χ4v) is 2.06. The Morgan fingerprint density at radius 2 is 2.25 bits per heavy atom. The molecule has 0 atom stereocenters. The first-order valence-electron chi connectivity index (χ1n) is 6.50. The molecule has 2 aromatic rings. The molecule has 0 bridgehead atoms. The van der Waals surface area contributed by atoms with Crippen LogP contribution in [-0.2, 0) is 24.8 Å². The Morgan fingerprint density at radius 1 is 1.50 bits per heavy atom. The van der Waals surface area contributed by atoms with Crippen molar-refractivity contribution < 1.29 is 9.53 Å². The van der Waals surface area contributed by atoms with Gasteiger partial charge in [0.05, 0.1) is 6.61 Å². The van der Waals surface area contributed by atoms with Crippen molar-refractivity contribution in [3.05, 3.63) is 29.7 Å². The number of carbonyl (C=O) groups is 1. The normalized spacial score (nSPS) is 10.8. The summed E-state index contributed by atoms with van der Waals surface area (Å²) in [6.07, 6.45) is 4.36. The number of ether oxygens (including phenoxy) is 1. The molecule has 2 aromatic heterocycles. The van der Waals surface area contributed by atoms with E-state index in [1.165, 1.54) is 0 Å². The zero-order chi connectivity index (χ0) is 14.7. The van der Waals surface area contributed by atoms with Gasteiger partial charge in [-0.2, -0.15) is 0 Å². The van der Waals surface area contributed by atoms with E-state index in [1.54, 1.807) is 17.7 Å². The number of nitrogen functional groups attached to an aromatic ring is 1. The van der Waals surface area contributed by atoms with Crippen molar-refractivity contribution in [2.75, 3.05) is 12.3 Å². The van der Waals surface area contributed by atoms with Crippen molar-refractivity contribution in [3.8, 4) is 0 Å². The molecule has 7 nitrogen and oxygen atoms in total. The number of aryl methyl sites for hydroxylation is 3. The van der Waals surface area contributed by atoms with E-state index in [-0.39, 0.29) is 5.69 Å². The van der Waals surface area contributed by atoms with Gasteiger partial charge < -0.3 is 19.6 Å². The first-order valence-corrected chi connectivity index (χ1v) is 6.50. The van der Waals surface area contributed by atoms with E-state index in [0.717, 1.165) is 5.82 Å². The molecule has 108 valence electrons. The Labute approximate surface area is 117 Å². The van der Waals surface area contributed by atoms with Gasteiger partial charge in [0.25, 0.3) is 0 Å². The van der Waals surface area contributed by atoms with E-state index in [1.807, 2.05) is 24.7 Å². The molecule has 0 spiro atoms. The second-order valence-electron chi connectivity index (χ2n) is 4.47. The van der Waals surface area contributed by atoms with Gasteiger partial charge in [-0.3, -0.25) is 0 Å². The lowest BCUT2D eigenvalue weighted by atomic mass is 10.3. The third kappa shape index (κ3) is 2.66. The van der Waals surface area contributed by atoms with Gasteiger partial charge in [0, 0.05) is 32.4 Å². The number of imidazole rings is 2. The second-order valence-corrected chi connectivity index (χ2v) is 4.47. The fourth-order valence-electron chi connectivity index (χ4n) is 2.06. The van der Waals surface area contributed by atoms with E-state index < -0.39 is 5.97 Å². The van der Waals surface area contributed by atoms with Crippen LogP contribution in [0.15, 0.2) is 12.4 Å². The summed E-state index contributed by atoms with van der Waals surface area (Å²) in [6.45, 7) is 4.49. The van der Waals surface area contributed by atoms with Crippen LogP contribution in [0.1, 0.15) is 29.1 Å². The van der Waals surface area contributed by atoms with Crippen molar-refractivity contribution in [3.63, 3.8) is 0 Å². The molecule has 2 rings (SSSR count). The van der Waals surface area contributed by atoms with Crippen molar-refractivity contribution in [2.45, 2.75) is 26.8 Å². The maximum atomic E-state index is 11.7. The molecule has 0 unspecified atom stereocenters. The predicted molar refractivity (Wildman–Crippen MR) is 74.2 cm³/mol. The Hall–Kier alpha value is -2.31. The number of carbonyl (C=O) groups excluding carboxylic acids is 1. The summed E-state index contributed by atoms with van der Waals surface area (Å²) in [5, 5.41) is 0. The number of rotatable bonds is 5. The van der Waals surface area contributed by atoms with Gasteiger partial charge in [-0.05, 0) is 13.8 Å². The average Bonchev–Trinajstić information content (AvgIpc) is 2.93. The Bertz CT molecular complexity index is 614. The fraction of sp³-hybridized carbons (Fsp3) is 0.462. The molecule has 7 heteroatoms. The van der Waals surface area contributed by atoms with Crippen LogP contribution in [0.2, 0.25) is 0 Å². The highest BCUT2D eigenvalue weighted by Crippen LogP contribution is 2.16. The van der Waals surface area contributed by atoms with Gasteiger partial charge in [-0.15, -0.1) is 0 Å². The highest BCUT2D eigenvalue weighted by molar-refractivity contribution is 5.92. The topological polar surface area (TPSA) is 88.0 Å². The van der Waals surface area contributed by atoms with Crippen LogP contribution in [0.25, 0.3) is 0 Å². The van der Waals surface area contributed by atoms with E-state index in [2.05, 4.69) is 9.97 Å². The van der Waals surface area contributed by atoms with E-state index >= 15 is 0 Å². The summed E-state index contributed by atoms with van der Waals surface area (Å²) in [5.41, 5.74) is 6.17. The Kier molecular flexibility index (Phi) is 4.07. The quantitative estimate of drug-likeness (QED) is 0.821. The van der Waals surface area contributed by atoms with Crippen molar-refractivity contribution >= 4 is 11.8 Å². The average molecular weight is 277 g/mol. The third-order valence-electron chi connectivity index (χ3n) is 3.15. The molecular formula is C13H19N5O2. The maximum Gasteiger partial charge on any atom is 0.360 e. The molecule has 20 heavy (non-hydrogen) atoms. The van der Waals surface area contributed by atoms with Crippen molar-refractivity contribution in [2.24, 2.45) is 7.05 Å². The minimum Gasteiger partial charge on any atom is -0.461 e. The summed E-state index contributed by atoms with van der Waals surface area (Å²) in [5.74, 6) is 1.51. The number of anilines is 1. The number of nitrogens with zero attached hydrogens (tertiary/aromatic N) is 4. The summed E-state index contributed by atoms with van der Waals surface area (Å²) in [6, 6.07) is 0. The third-order valence-corrected chi connectivity index (χ3v) is 3.15. The smallest absolute Gasteiger partial charge is 0.360 e. The standard InChI is InChI=1S/C13H19N5O2/c1-4-20-13(19)11-12(14)18(9(2)16-11)7-5-10-15-6-8-17(10)3/h6,8H,4-5,7,14H2,1-3H3. The van der Waals surface area contributed by atoms with Crippen LogP contribution in [0.3, 0.4) is 0 Å². The summed E-state index contributed by atoms with van der Waals surface area (Å²) in [7, 11) is 1.94. The molecule has 0 saturated carbocycles. The molecule has 0 fully saturated rings. The predicted octanol–water partition coefficient (Wildman–Crippen LogP) is 0.927. The summed E-state index contributed by atoms with van der Waals surface area (Å²) >= 11 is 0. The highest BCUT2D eigenvalue weighted by Gasteiger charge is 2.19. The molecule has 0 aliphatic rings. The molecule has 2 N–H and O–H groups in total. The van der Waals surface area contributed by atoms with Crippen LogP contribution in [0, 0.1) is 6.92 Å². The molecule has 2 heterocycles. The van der Waals surface area contributed by atoms with Gasteiger partial charge in [0.2, 0.25) is 0 Å². The lowest BCUT2D eigenvalue weighted by Gasteiger charge is -2.07. The molecular weight excluding hydrogens is 258 g/mol. The van der Waals surface area contributed by atoms with Gasteiger partial charge in [0.15, 0.2) is 5.69 Å². The molecule has 0 saturated heterocycles. The monoisotopic (exact) mass is 277 g/mol. The van der Waals surface area contributed by atoms with E-state index in [4.69, 9.17) is 10.5 Å². The zero-order valence-corrected chi connectivity index (χ0v) is 12.0. The van der Waals surface area contributed by atoms with Crippen molar-refractivity contribution in [1.29, 1.82) is 0 Å². The Balaban J connectivity index is 2.16. The van der Waals surface area contributed by atoms with Crippen LogP contribution in [0.5, 0.6) is 0 Å². The van der Waals surface area contributed by atoms with Gasteiger partial charge in [-0.25, -0.2) is 14.8 Å². The van der Waals surface area contributed by atoms with E-state index in [9.17, 15) is 4.79 Å². The maximum absolute atomic E-state index is 11.7. The number of esters is 1. The summed E-state index contributed by atoms with van der Waals surface area (Å²) in [4.78, 5) is 20.2. The van der Waals surface area contributed by atoms with Gasteiger partial charge in [0.1, 0.15) is 17.5 Å². The van der Waals surface area contributed by atoms with Crippen molar-refractivity contribution in [1.82, 2.24) is 19.1 Å². The second kappa shape index (κ2) is 5.77. The molecule has 0 aliphatic heterocycles. The number of aromatic nitrogens is 4. The number of hydrogen-bond acceptors (Lipinski definition) is 5. The minimum absolute atomic E-state index is 0.184. The largest absolute Gasteiger partial charge is 0.461 e. The molecule has 0 aromatic carbocycles. The lowest BCUT2D eigenvalue weighted by Crippen LogP contribution is -2.12. The molecule has 0 amide bonds. The van der Waals surface area contributed by atoms with Crippen LogP contribution in [0.4, 0.5) is 5.82 Å². The Morgan fingerprint density at radius 3 is 2.85 bits per heavy atom. The van der Waals surface area contributed by atoms with Crippen LogP contribution >= 0.6 is 0 Å². The minimum atomic E-state index is -0.483. The van der Waals surface area contributed by atoms with E-state index in [0.29, 0.717) is 31.2 Å². The van der Waals surface area contributed by atoms with Gasteiger partial charge in [-0.1, -0.05) is 0 Å². The molecule has 0 aliphatic carbocycles. The first kappa shape index (κ1) is 14.1. The summed E-state index contributed by atoms with van der Waals surface area (Å²) < 4.78 is 8.69. The number of nitrogens with two attached hydrogens (primary N) is 1. The lowest BCUT2D eigenvalue weighted by molar-refractivity contribution is 0.0521. The SMILES string of the molecule is CCOC(=O)c1nc(C)n(CCc2nccn2C)c1N. The number of hydrogen-bond donors (Lipinski definition) is 1. The van der Waals surface area contributed by atoms with Gasteiger partial charge >= 0.3 is 5.97 Å². The highest BCUT2D eigenvalue weighted by atomic mass is 16.5. The molecule has 0 radical (unpaired) electrons.